The molecule has 3 heterocycles. The lowest BCUT2D eigenvalue weighted by Gasteiger charge is -2.28. The number of aliphatic hydroxyl groups is 2. The average Bonchev–Trinajstić information content (AvgIpc) is 3.79. The highest BCUT2D eigenvalue weighted by Crippen LogP contribution is 2.49. The molecule has 2 aromatic carbocycles. The van der Waals surface area contributed by atoms with Gasteiger partial charge in [-0.25, -0.2) is 9.55 Å². The van der Waals surface area contributed by atoms with Crippen molar-refractivity contribution >= 4 is 64.2 Å². The number of aliphatic hydroxyl groups excluding tert-OH is 1. The number of nitrogens with zero attached hydrogens (tertiary/aromatic N) is 4. The Morgan fingerprint density at radius 2 is 1.92 bits per heavy atom. The molecule has 15 nitrogen and oxygen atoms in total. The van der Waals surface area contributed by atoms with Crippen molar-refractivity contribution in [1.82, 2.24) is 24.6 Å². The molecule has 0 bridgehead atoms. The van der Waals surface area contributed by atoms with Crippen molar-refractivity contribution in [3.05, 3.63) is 46.3 Å². The number of hydrogen-bond acceptors (Lipinski definition) is 13. The van der Waals surface area contributed by atoms with Crippen LogP contribution in [0.4, 0.5) is 5.95 Å². The Labute approximate surface area is 290 Å². The zero-order chi connectivity index (χ0) is 34.4. The van der Waals surface area contributed by atoms with Crippen LogP contribution < -0.4 is 20.1 Å². The Balaban J connectivity index is 1.29. The van der Waals surface area contributed by atoms with Crippen LogP contribution in [0.15, 0.2) is 42.5 Å². The highest BCUT2D eigenvalue weighted by Gasteiger charge is 2.55. The Morgan fingerprint density at radius 3 is 2.62 bits per heavy atom. The van der Waals surface area contributed by atoms with Crippen molar-refractivity contribution < 1.29 is 42.8 Å². The number of nitrogens with one attached hydrogen (secondary N) is 1. The lowest BCUT2D eigenvalue weighted by Crippen LogP contribution is -2.45. The second kappa shape index (κ2) is 13.7. The summed E-state index contributed by atoms with van der Waals surface area (Å²) in [4.78, 5) is 26.0. The highest BCUT2D eigenvalue weighted by molar-refractivity contribution is 14.1. The van der Waals surface area contributed by atoms with Gasteiger partial charge in [0.1, 0.15) is 29.6 Å². The number of rotatable bonds is 13. The predicted molar refractivity (Wildman–Crippen MR) is 183 cm³/mol. The summed E-state index contributed by atoms with van der Waals surface area (Å²) in [5.41, 5.74) is 4.48. The fraction of sp³-hybridized carbons (Fsp3) is 0.484. The van der Waals surface area contributed by atoms with Crippen molar-refractivity contribution in [2.75, 3.05) is 26.1 Å². The van der Waals surface area contributed by atoms with Gasteiger partial charge >= 0.3 is 13.7 Å². The number of imidazole rings is 1. The minimum atomic E-state index is -4.41. The summed E-state index contributed by atoms with van der Waals surface area (Å²) in [5, 5.41) is 27.2. The third kappa shape index (κ3) is 6.97. The molecule has 1 saturated carbocycles. The van der Waals surface area contributed by atoms with Gasteiger partial charge in [0.25, 0.3) is 0 Å². The number of nitrogens with two attached hydrogens (primary N) is 1. The number of esters is 1. The maximum absolute atomic E-state index is 14.6. The molecule has 2 aliphatic rings. The maximum Gasteiger partial charge on any atom is 0.459 e. The molecule has 2 unspecified atom stereocenters. The zero-order valence-electron chi connectivity index (χ0n) is 26.8. The molecule has 6 rings (SSSR count). The summed E-state index contributed by atoms with van der Waals surface area (Å²) in [5.74, 6) is -0.325. The molecular weight excluding hydrogens is 758 g/mol. The van der Waals surface area contributed by atoms with Crippen LogP contribution in [0.1, 0.15) is 39.8 Å². The van der Waals surface area contributed by atoms with Crippen LogP contribution in [0, 0.1) is 15.7 Å². The van der Waals surface area contributed by atoms with Crippen molar-refractivity contribution in [2.24, 2.45) is 11.8 Å². The third-order valence-electron chi connectivity index (χ3n) is 8.42. The van der Waals surface area contributed by atoms with Crippen LogP contribution in [0.3, 0.4) is 0 Å². The maximum atomic E-state index is 14.6. The Morgan fingerprint density at radius 1 is 1.19 bits per heavy atom. The van der Waals surface area contributed by atoms with Gasteiger partial charge < -0.3 is 34.7 Å². The van der Waals surface area contributed by atoms with Gasteiger partial charge in [-0.3, -0.25) is 13.9 Å². The lowest BCUT2D eigenvalue weighted by atomic mass is 9.96. The van der Waals surface area contributed by atoms with Gasteiger partial charge in [0.15, 0.2) is 21.2 Å². The summed E-state index contributed by atoms with van der Waals surface area (Å²) >= 11 is 1.94. The minimum absolute atomic E-state index is 0.0945. The van der Waals surface area contributed by atoms with E-state index in [4.69, 9.17) is 29.0 Å². The normalized spacial score (nSPS) is 24.5. The molecule has 258 valence electrons. The quantitative estimate of drug-likeness (QED) is 0.0656. The number of methoxy groups -OCH3 is 1. The number of benzene rings is 2. The number of aromatic nitrogens is 4. The van der Waals surface area contributed by atoms with Crippen LogP contribution in [0.5, 0.6) is 11.6 Å². The SMILES string of the molecule is COc1nc(N)nc2c1nc(I)n2C1O[C@H](COP(=O)(N[C@H](C(=O)OCC2CC2)C(C)C)Oc2cccc3ccccc23)[C@@H](O)[C@@]1(C)O. The number of anilines is 1. The number of ether oxygens (including phenoxy) is 3. The first-order chi connectivity index (χ1) is 22.8. The summed E-state index contributed by atoms with van der Waals surface area (Å²) in [7, 11) is -2.99. The van der Waals surface area contributed by atoms with Gasteiger partial charge in [-0.2, -0.15) is 15.1 Å². The van der Waals surface area contributed by atoms with Gasteiger partial charge in [-0.05, 0) is 43.1 Å². The first kappa shape index (κ1) is 34.7. The Bertz CT molecular complexity index is 1860. The smallest absolute Gasteiger partial charge is 0.459 e. The molecule has 2 fully saturated rings. The van der Waals surface area contributed by atoms with Crippen molar-refractivity contribution in [2.45, 2.75) is 63.7 Å². The predicted octanol–water partition coefficient (Wildman–Crippen LogP) is 3.96. The van der Waals surface area contributed by atoms with Crippen molar-refractivity contribution in [3.63, 3.8) is 0 Å². The van der Waals surface area contributed by atoms with E-state index in [2.05, 4.69) is 20.0 Å². The van der Waals surface area contributed by atoms with Gasteiger partial charge in [-0.15, -0.1) is 0 Å². The van der Waals surface area contributed by atoms with Gasteiger partial charge in [0.05, 0.1) is 20.3 Å². The monoisotopic (exact) mass is 796 g/mol. The zero-order valence-corrected chi connectivity index (χ0v) is 29.8. The second-order valence-electron chi connectivity index (χ2n) is 12.5. The molecule has 2 aromatic heterocycles. The van der Waals surface area contributed by atoms with Gasteiger partial charge in [-0.1, -0.05) is 50.2 Å². The van der Waals surface area contributed by atoms with Crippen LogP contribution in [-0.2, 0) is 23.4 Å². The second-order valence-corrected chi connectivity index (χ2v) is 15.2. The largest absolute Gasteiger partial charge is 0.479 e. The van der Waals surface area contributed by atoms with Crippen LogP contribution >= 0.6 is 30.3 Å². The first-order valence-electron chi connectivity index (χ1n) is 15.5. The highest BCUT2D eigenvalue weighted by atomic mass is 127. The fourth-order valence-electron chi connectivity index (χ4n) is 5.53. The molecule has 0 radical (unpaired) electrons. The van der Waals surface area contributed by atoms with E-state index in [0.29, 0.717) is 15.1 Å². The summed E-state index contributed by atoms with van der Waals surface area (Å²) in [6.45, 7) is 4.73. The van der Waals surface area contributed by atoms with E-state index in [1.165, 1.54) is 18.6 Å². The van der Waals surface area contributed by atoms with Gasteiger partial charge in [0, 0.05) is 28.0 Å². The molecule has 0 spiro atoms. The van der Waals surface area contributed by atoms with Crippen LogP contribution in [-0.4, -0.2) is 79.9 Å². The number of fused-ring (bicyclic) bond motifs is 2. The number of halogens is 1. The van der Waals surface area contributed by atoms with E-state index in [1.54, 1.807) is 26.0 Å². The summed E-state index contributed by atoms with van der Waals surface area (Å²) < 4.78 is 45.5. The summed E-state index contributed by atoms with van der Waals surface area (Å²) in [6, 6.07) is 11.6. The average molecular weight is 797 g/mol. The van der Waals surface area contributed by atoms with Crippen molar-refractivity contribution in [3.8, 4) is 11.6 Å². The molecule has 1 aliphatic carbocycles. The Kier molecular flexibility index (Phi) is 9.88. The first-order valence-corrected chi connectivity index (χ1v) is 18.1. The van der Waals surface area contributed by atoms with Crippen molar-refractivity contribution in [1.29, 1.82) is 0 Å². The lowest BCUT2D eigenvalue weighted by molar-refractivity contribution is -0.147. The number of nitrogen functional groups attached to an aromatic ring is 1. The van der Waals surface area contributed by atoms with E-state index >= 15 is 0 Å². The molecule has 48 heavy (non-hydrogen) atoms. The van der Waals surface area contributed by atoms with Crippen LogP contribution in [0.25, 0.3) is 21.9 Å². The topological polar surface area (TPSA) is 202 Å². The van der Waals surface area contributed by atoms with E-state index in [-0.39, 0.29) is 41.3 Å². The molecule has 4 aromatic rings. The molecule has 5 N–H and O–H groups in total. The standard InChI is InChI=1S/C31H38IN6O9P/c1-16(2)22(27(40)44-14-17-12-13-17)37-48(42,47-20-11-7-9-18-8-5-6-10-19(18)20)45-15-21-24(39)31(3,41)28(46-21)38-25-23(34-29(38)32)26(43-4)36-30(33)35-25/h5-11,16-17,21-22,24,28,39,41H,12-15H2,1-4H3,(H,37,42)(H2,33,35,36)/t21-,22+,24-,28?,31-,48?/m1/s1. The number of hydrogen-bond donors (Lipinski definition) is 4. The fourth-order valence-corrected chi connectivity index (χ4v) is 7.93. The van der Waals surface area contributed by atoms with Crippen LogP contribution in [0.2, 0.25) is 0 Å². The molecule has 6 atom stereocenters. The molecule has 1 saturated heterocycles. The van der Waals surface area contributed by atoms with E-state index < -0.39 is 50.4 Å². The number of carbonyl (C=O) groups excluding carboxylic acids is 1. The molecule has 1 aliphatic heterocycles. The van der Waals surface area contributed by atoms with Gasteiger partial charge in [0.2, 0.25) is 11.8 Å². The molecular formula is C31H38IN6O9P. The van der Waals surface area contributed by atoms with E-state index in [9.17, 15) is 19.6 Å². The molecule has 0 amide bonds. The Hall–Kier alpha value is -3.12. The summed E-state index contributed by atoms with van der Waals surface area (Å²) in [6.07, 6.45) is -1.99. The minimum Gasteiger partial charge on any atom is -0.479 e. The number of carbonyl (C=O) groups is 1. The third-order valence-corrected chi connectivity index (χ3v) is 10.7. The molecule has 17 heteroatoms. The van der Waals surface area contributed by atoms with E-state index in [0.717, 1.165) is 18.2 Å². The van der Waals surface area contributed by atoms with E-state index in [1.807, 2.05) is 52.9 Å².